The van der Waals surface area contributed by atoms with Gasteiger partial charge in [0.2, 0.25) is 0 Å². The Labute approximate surface area is 146 Å². The Bertz CT molecular complexity index is 192. The fourth-order valence-electron chi connectivity index (χ4n) is 2.21. The van der Waals surface area contributed by atoms with Crippen LogP contribution >= 0.6 is 17.0 Å². The summed E-state index contributed by atoms with van der Waals surface area (Å²) in [6, 6.07) is 0. The number of halogens is 1. The third kappa shape index (κ3) is 33.3. The van der Waals surface area contributed by atoms with Crippen LogP contribution in [0.5, 0.6) is 0 Å². The Balaban J connectivity index is -0.000000347. The Morgan fingerprint density at radius 2 is 0.857 bits per heavy atom. The topological polar surface area (TPSA) is 0 Å². The maximum absolute atomic E-state index is 2.27. The first kappa shape index (κ1) is 26.3. The molecular weight excluding hydrogens is 324 g/mol. The van der Waals surface area contributed by atoms with Gasteiger partial charge in [0.1, 0.15) is 0 Å². The van der Waals surface area contributed by atoms with E-state index in [1.165, 1.54) is 64.5 Å². The highest BCUT2D eigenvalue weighted by molar-refractivity contribution is 8.93. The van der Waals surface area contributed by atoms with E-state index in [1.807, 2.05) is 0 Å². The molecule has 0 spiro atoms. The summed E-state index contributed by atoms with van der Waals surface area (Å²) in [5.74, 6) is 0. The van der Waals surface area contributed by atoms with Crippen LogP contribution in [-0.4, -0.2) is 64.3 Å². The van der Waals surface area contributed by atoms with Gasteiger partial charge in [0, 0.05) is 0 Å². The number of hydrogen-bond donors (Lipinski definition) is 0. The van der Waals surface area contributed by atoms with E-state index in [-0.39, 0.29) is 17.0 Å². The van der Waals surface area contributed by atoms with Crippen molar-refractivity contribution in [3.8, 4) is 0 Å². The van der Waals surface area contributed by atoms with Crippen LogP contribution in [0.2, 0.25) is 0 Å². The van der Waals surface area contributed by atoms with E-state index in [9.17, 15) is 0 Å². The smallest absolute Gasteiger partial charge is 0.0780 e. The molecule has 0 amide bonds. The van der Waals surface area contributed by atoms with Crippen LogP contribution < -0.4 is 0 Å². The molecular formula is C18H45BrN2+2. The third-order valence-corrected chi connectivity index (χ3v) is 3.33. The molecule has 0 aromatic carbocycles. The minimum absolute atomic E-state index is 0. The number of quaternary nitrogens is 2. The molecule has 0 fully saturated rings. The summed E-state index contributed by atoms with van der Waals surface area (Å²) in [4.78, 5) is 0. The van der Waals surface area contributed by atoms with E-state index >= 15 is 0 Å². The molecule has 2 nitrogen and oxygen atoms in total. The van der Waals surface area contributed by atoms with Crippen molar-refractivity contribution in [2.75, 3.05) is 55.4 Å². The zero-order chi connectivity index (χ0) is 16.1. The van der Waals surface area contributed by atoms with Crippen LogP contribution in [0.4, 0.5) is 0 Å². The van der Waals surface area contributed by atoms with Gasteiger partial charge in [-0.15, -0.1) is 17.0 Å². The second kappa shape index (κ2) is 15.3. The minimum Gasteiger partial charge on any atom is -0.331 e. The van der Waals surface area contributed by atoms with Crippen LogP contribution in [0.15, 0.2) is 0 Å². The fraction of sp³-hybridized carbons (Fsp3) is 1.00. The lowest BCUT2D eigenvalue weighted by atomic mass is 10.1. The molecule has 132 valence electrons. The molecule has 0 bridgehead atoms. The van der Waals surface area contributed by atoms with Gasteiger partial charge in [0.25, 0.3) is 0 Å². The lowest BCUT2D eigenvalue weighted by Gasteiger charge is -2.23. The lowest BCUT2D eigenvalue weighted by Crippen LogP contribution is -2.35. The van der Waals surface area contributed by atoms with Crippen molar-refractivity contribution in [3.05, 3.63) is 0 Å². The monoisotopic (exact) mass is 368 g/mol. The Kier molecular flexibility index (Phi) is 19.2. The zero-order valence-corrected chi connectivity index (χ0v) is 18.1. The number of rotatable bonds is 10. The van der Waals surface area contributed by atoms with Crippen LogP contribution in [-0.2, 0) is 0 Å². The third-order valence-electron chi connectivity index (χ3n) is 3.33. The molecule has 0 aliphatic heterocycles. The van der Waals surface area contributed by atoms with Gasteiger partial charge in [0.05, 0.1) is 55.4 Å². The Hall–Kier alpha value is 0.400. The predicted octanol–water partition coefficient (Wildman–Crippen LogP) is 5.12. The molecule has 0 aliphatic carbocycles. The molecule has 0 aromatic heterocycles. The SMILES string of the molecule is Br.CCCCCCCCC[N+](C)(C)C.CCC[N+](C)(C)C. The van der Waals surface area contributed by atoms with Crippen molar-refractivity contribution in [1.29, 1.82) is 0 Å². The molecule has 0 aliphatic rings. The highest BCUT2D eigenvalue weighted by Crippen LogP contribution is 2.07. The van der Waals surface area contributed by atoms with E-state index in [2.05, 4.69) is 56.1 Å². The van der Waals surface area contributed by atoms with E-state index in [0.717, 1.165) is 8.97 Å². The molecule has 21 heavy (non-hydrogen) atoms. The predicted molar refractivity (Wildman–Crippen MR) is 104 cm³/mol. The van der Waals surface area contributed by atoms with Crippen LogP contribution in [0.1, 0.15) is 65.2 Å². The van der Waals surface area contributed by atoms with Crippen molar-refractivity contribution >= 4 is 17.0 Å². The van der Waals surface area contributed by atoms with Gasteiger partial charge in [-0.05, 0) is 19.3 Å². The van der Waals surface area contributed by atoms with Crippen LogP contribution in [0, 0.1) is 0 Å². The number of unbranched alkanes of at least 4 members (excludes halogenated alkanes) is 6. The average Bonchev–Trinajstić information content (AvgIpc) is 2.25. The van der Waals surface area contributed by atoms with Gasteiger partial charge in [0.15, 0.2) is 0 Å². The molecule has 0 aromatic rings. The first-order chi connectivity index (χ1) is 9.12. The molecule has 0 heterocycles. The summed E-state index contributed by atoms with van der Waals surface area (Å²) in [6.45, 7) is 7.09. The molecule has 0 N–H and O–H groups in total. The fourth-order valence-corrected chi connectivity index (χ4v) is 2.21. The van der Waals surface area contributed by atoms with Crippen molar-refractivity contribution in [1.82, 2.24) is 0 Å². The van der Waals surface area contributed by atoms with Gasteiger partial charge in [-0.3, -0.25) is 0 Å². The number of hydrogen-bond acceptors (Lipinski definition) is 0. The van der Waals surface area contributed by atoms with Crippen LogP contribution in [0.3, 0.4) is 0 Å². The molecule has 0 unspecified atom stereocenters. The molecule has 0 saturated carbocycles. The maximum atomic E-state index is 2.27. The van der Waals surface area contributed by atoms with Gasteiger partial charge >= 0.3 is 0 Å². The molecule has 0 saturated heterocycles. The van der Waals surface area contributed by atoms with E-state index in [1.54, 1.807) is 0 Å². The van der Waals surface area contributed by atoms with E-state index in [4.69, 9.17) is 0 Å². The van der Waals surface area contributed by atoms with Crippen molar-refractivity contribution in [2.24, 2.45) is 0 Å². The summed E-state index contributed by atoms with van der Waals surface area (Å²) >= 11 is 0. The van der Waals surface area contributed by atoms with Crippen molar-refractivity contribution in [3.63, 3.8) is 0 Å². The highest BCUT2D eigenvalue weighted by atomic mass is 79.9. The van der Waals surface area contributed by atoms with Gasteiger partial charge in [-0.2, -0.15) is 0 Å². The van der Waals surface area contributed by atoms with Gasteiger partial charge < -0.3 is 8.97 Å². The second-order valence-corrected chi connectivity index (χ2v) is 8.15. The van der Waals surface area contributed by atoms with Crippen molar-refractivity contribution in [2.45, 2.75) is 65.2 Å². The van der Waals surface area contributed by atoms with E-state index in [0.29, 0.717) is 0 Å². The Morgan fingerprint density at radius 3 is 1.14 bits per heavy atom. The second-order valence-electron chi connectivity index (χ2n) is 8.15. The van der Waals surface area contributed by atoms with E-state index < -0.39 is 0 Å². The Morgan fingerprint density at radius 1 is 0.476 bits per heavy atom. The normalized spacial score (nSPS) is 11.4. The lowest BCUT2D eigenvalue weighted by molar-refractivity contribution is -0.870. The quantitative estimate of drug-likeness (QED) is 0.370. The minimum atomic E-state index is 0. The van der Waals surface area contributed by atoms with Crippen molar-refractivity contribution < 1.29 is 8.97 Å². The first-order valence-electron chi connectivity index (χ1n) is 8.73. The molecule has 3 heteroatoms. The largest absolute Gasteiger partial charge is 0.331 e. The van der Waals surface area contributed by atoms with Gasteiger partial charge in [-0.1, -0.05) is 46.0 Å². The summed E-state index contributed by atoms with van der Waals surface area (Å²) in [5, 5.41) is 0. The standard InChI is InChI=1S/C12H28N.C6H16N.BrH/c1-5-6-7-8-9-10-11-12-13(2,3)4;1-5-6-7(2,3)4;/h5-12H2,1-4H3;5-6H2,1-4H3;1H/q2*+1;. The molecule has 0 radical (unpaired) electrons. The summed E-state index contributed by atoms with van der Waals surface area (Å²) < 4.78 is 2.21. The average molecular weight is 369 g/mol. The zero-order valence-electron chi connectivity index (χ0n) is 16.4. The summed E-state index contributed by atoms with van der Waals surface area (Å²) in [7, 11) is 13.5. The highest BCUT2D eigenvalue weighted by Gasteiger charge is 2.04. The summed E-state index contributed by atoms with van der Waals surface area (Å²) in [6.07, 6.45) is 11.2. The van der Waals surface area contributed by atoms with Gasteiger partial charge in [-0.25, -0.2) is 0 Å². The molecule has 0 atom stereocenters. The maximum Gasteiger partial charge on any atom is 0.0780 e. The first-order valence-corrected chi connectivity index (χ1v) is 8.73. The number of nitrogens with zero attached hydrogens (tertiary/aromatic N) is 2. The molecule has 0 rings (SSSR count). The summed E-state index contributed by atoms with van der Waals surface area (Å²) in [5.41, 5.74) is 0. The van der Waals surface area contributed by atoms with Crippen LogP contribution in [0.25, 0.3) is 0 Å².